The first-order chi connectivity index (χ1) is 5.36. The van der Waals surface area contributed by atoms with E-state index < -0.39 is 0 Å². The number of pyridine rings is 1. The number of nitrogens with zero attached hydrogens (tertiary/aromatic N) is 1. The molecule has 1 rings (SSSR count). The zero-order chi connectivity index (χ0) is 8.10. The third-order valence-corrected chi connectivity index (χ3v) is 1.08. The maximum atomic E-state index is 9.87. The van der Waals surface area contributed by atoms with E-state index in [1.54, 1.807) is 18.2 Å². The summed E-state index contributed by atoms with van der Waals surface area (Å²) in [6, 6.07) is 4.92. The molecule has 0 unspecified atom stereocenters. The second-order valence-electron chi connectivity index (χ2n) is 1.73. The Hall–Kier alpha value is -1.58. The molecule has 0 bridgehead atoms. The minimum atomic E-state index is 0.236. The smallest absolute Gasteiger partial charge is 0.299 e. The van der Waals surface area contributed by atoms with Crippen molar-refractivity contribution in [2.75, 3.05) is 7.11 Å². The summed E-state index contributed by atoms with van der Waals surface area (Å²) >= 11 is 0. The SMILES string of the molecule is COc1cccc(OC=O)n1. The maximum absolute atomic E-state index is 9.87. The van der Waals surface area contributed by atoms with Gasteiger partial charge in [-0.25, -0.2) is 0 Å². The van der Waals surface area contributed by atoms with E-state index in [0.717, 1.165) is 0 Å². The van der Waals surface area contributed by atoms with Crippen molar-refractivity contribution in [3.05, 3.63) is 18.2 Å². The number of hydrogen-bond donors (Lipinski definition) is 0. The molecule has 1 aromatic rings. The van der Waals surface area contributed by atoms with Gasteiger partial charge in [-0.15, -0.1) is 0 Å². The summed E-state index contributed by atoms with van der Waals surface area (Å²) in [4.78, 5) is 13.7. The van der Waals surface area contributed by atoms with Crippen LogP contribution in [0.5, 0.6) is 11.8 Å². The fourth-order valence-electron chi connectivity index (χ4n) is 0.625. The van der Waals surface area contributed by atoms with Crippen LogP contribution in [0.25, 0.3) is 0 Å². The molecule has 4 heteroatoms. The molecule has 0 aliphatic heterocycles. The monoisotopic (exact) mass is 153 g/mol. The number of hydrogen-bond acceptors (Lipinski definition) is 4. The lowest BCUT2D eigenvalue weighted by Crippen LogP contribution is -1.93. The number of aromatic nitrogens is 1. The molecule has 0 N–H and O–H groups in total. The third-order valence-electron chi connectivity index (χ3n) is 1.08. The molecule has 11 heavy (non-hydrogen) atoms. The molecule has 0 saturated carbocycles. The van der Waals surface area contributed by atoms with Gasteiger partial charge in [-0.2, -0.15) is 4.98 Å². The van der Waals surface area contributed by atoms with Crippen LogP contribution in [0, 0.1) is 0 Å². The summed E-state index contributed by atoms with van der Waals surface area (Å²) < 4.78 is 9.27. The van der Waals surface area contributed by atoms with Crippen molar-refractivity contribution in [2.24, 2.45) is 0 Å². The summed E-state index contributed by atoms with van der Waals surface area (Å²) in [5, 5.41) is 0. The zero-order valence-corrected chi connectivity index (χ0v) is 5.98. The van der Waals surface area contributed by atoms with Crippen LogP contribution in [0.2, 0.25) is 0 Å². The summed E-state index contributed by atoms with van der Waals surface area (Å²) in [5.74, 6) is 0.656. The van der Waals surface area contributed by atoms with Crippen LogP contribution in [-0.4, -0.2) is 18.6 Å². The van der Waals surface area contributed by atoms with E-state index in [1.807, 2.05) is 0 Å². The van der Waals surface area contributed by atoms with Gasteiger partial charge in [0.15, 0.2) is 0 Å². The lowest BCUT2D eigenvalue weighted by atomic mass is 10.5. The van der Waals surface area contributed by atoms with Gasteiger partial charge in [0.1, 0.15) is 0 Å². The summed E-state index contributed by atoms with van der Waals surface area (Å²) in [5.41, 5.74) is 0. The normalized spacial score (nSPS) is 8.82. The van der Waals surface area contributed by atoms with Crippen molar-refractivity contribution in [1.29, 1.82) is 0 Å². The molecule has 0 atom stereocenters. The van der Waals surface area contributed by atoms with Crippen LogP contribution in [0.15, 0.2) is 18.2 Å². The first-order valence-electron chi connectivity index (χ1n) is 2.98. The molecule has 0 radical (unpaired) electrons. The highest BCUT2D eigenvalue weighted by Crippen LogP contribution is 2.11. The molecule has 4 nitrogen and oxygen atoms in total. The van der Waals surface area contributed by atoms with Crippen LogP contribution in [0.3, 0.4) is 0 Å². The minimum absolute atomic E-state index is 0.236. The molecule has 1 heterocycles. The Morgan fingerprint density at radius 3 is 2.82 bits per heavy atom. The van der Waals surface area contributed by atoms with Crippen molar-refractivity contribution < 1.29 is 14.3 Å². The molecule has 58 valence electrons. The minimum Gasteiger partial charge on any atom is -0.481 e. The lowest BCUT2D eigenvalue weighted by molar-refractivity contribution is -0.120. The molecule has 0 spiro atoms. The van der Waals surface area contributed by atoms with Crippen molar-refractivity contribution in [3.8, 4) is 11.8 Å². The van der Waals surface area contributed by atoms with E-state index >= 15 is 0 Å². The Bertz CT molecular complexity index is 249. The second kappa shape index (κ2) is 3.55. The summed E-state index contributed by atoms with van der Waals surface area (Å²) in [7, 11) is 1.49. The molecule has 0 fully saturated rings. The topological polar surface area (TPSA) is 48.4 Å². The number of ether oxygens (including phenoxy) is 2. The van der Waals surface area contributed by atoms with Gasteiger partial charge in [0, 0.05) is 12.1 Å². The summed E-state index contributed by atoms with van der Waals surface area (Å²) in [6.45, 7) is 0.321. The van der Waals surface area contributed by atoms with Gasteiger partial charge in [0.25, 0.3) is 6.47 Å². The van der Waals surface area contributed by atoms with Gasteiger partial charge >= 0.3 is 0 Å². The van der Waals surface area contributed by atoms with Crippen LogP contribution < -0.4 is 9.47 Å². The average Bonchev–Trinajstić information content (AvgIpc) is 2.06. The van der Waals surface area contributed by atoms with Crippen LogP contribution in [0.4, 0.5) is 0 Å². The number of rotatable bonds is 3. The van der Waals surface area contributed by atoms with Crippen LogP contribution >= 0.6 is 0 Å². The Kier molecular flexibility index (Phi) is 2.43. The highest BCUT2D eigenvalue weighted by atomic mass is 16.5. The highest BCUT2D eigenvalue weighted by Gasteiger charge is 1.95. The first kappa shape index (κ1) is 7.53. The van der Waals surface area contributed by atoms with E-state index in [0.29, 0.717) is 12.4 Å². The standard InChI is InChI=1S/C7H7NO3/c1-10-6-3-2-4-7(8-6)11-5-9/h2-5H,1H3. The van der Waals surface area contributed by atoms with Gasteiger partial charge < -0.3 is 9.47 Å². The first-order valence-corrected chi connectivity index (χ1v) is 2.98. The van der Waals surface area contributed by atoms with Crippen molar-refractivity contribution in [3.63, 3.8) is 0 Å². The predicted molar refractivity (Wildman–Crippen MR) is 37.5 cm³/mol. The lowest BCUT2D eigenvalue weighted by Gasteiger charge is -1.98. The van der Waals surface area contributed by atoms with Gasteiger partial charge in [-0.3, -0.25) is 4.79 Å². The molecular weight excluding hydrogens is 146 g/mol. The van der Waals surface area contributed by atoms with E-state index in [2.05, 4.69) is 9.72 Å². The predicted octanol–water partition coefficient (Wildman–Crippen LogP) is 0.625. The zero-order valence-electron chi connectivity index (χ0n) is 5.98. The van der Waals surface area contributed by atoms with Gasteiger partial charge in [0.05, 0.1) is 7.11 Å². The second-order valence-corrected chi connectivity index (χ2v) is 1.73. The van der Waals surface area contributed by atoms with Crippen LogP contribution in [-0.2, 0) is 4.79 Å². The third kappa shape index (κ3) is 1.93. The molecule has 0 aromatic carbocycles. The fraction of sp³-hybridized carbons (Fsp3) is 0.143. The maximum Gasteiger partial charge on any atom is 0.299 e. The Labute approximate surface area is 63.8 Å². The van der Waals surface area contributed by atoms with Crippen molar-refractivity contribution in [1.82, 2.24) is 4.98 Å². The highest BCUT2D eigenvalue weighted by molar-refractivity contribution is 5.43. The Morgan fingerprint density at radius 1 is 1.45 bits per heavy atom. The molecule has 1 aromatic heterocycles. The largest absolute Gasteiger partial charge is 0.481 e. The van der Waals surface area contributed by atoms with Gasteiger partial charge in [0.2, 0.25) is 11.8 Å². The van der Waals surface area contributed by atoms with Crippen molar-refractivity contribution in [2.45, 2.75) is 0 Å². The van der Waals surface area contributed by atoms with E-state index in [-0.39, 0.29) is 5.88 Å². The fourth-order valence-corrected chi connectivity index (χ4v) is 0.625. The van der Waals surface area contributed by atoms with E-state index in [1.165, 1.54) is 7.11 Å². The Balaban J connectivity index is 2.82. The molecule has 0 saturated heterocycles. The quantitative estimate of drug-likeness (QED) is 0.597. The molecule has 0 amide bonds. The molecule has 0 aliphatic carbocycles. The number of carbonyl (C=O) groups is 1. The van der Waals surface area contributed by atoms with Gasteiger partial charge in [-0.1, -0.05) is 6.07 Å². The number of carbonyl (C=O) groups excluding carboxylic acids is 1. The average molecular weight is 153 g/mol. The van der Waals surface area contributed by atoms with Crippen LogP contribution in [0.1, 0.15) is 0 Å². The van der Waals surface area contributed by atoms with Crippen molar-refractivity contribution >= 4 is 6.47 Å². The summed E-state index contributed by atoms with van der Waals surface area (Å²) in [6.07, 6.45) is 0. The van der Waals surface area contributed by atoms with E-state index in [4.69, 9.17) is 4.74 Å². The van der Waals surface area contributed by atoms with Gasteiger partial charge in [-0.05, 0) is 0 Å². The molecule has 0 aliphatic rings. The molecular formula is C7H7NO3. The number of methoxy groups -OCH3 is 1. The Morgan fingerprint density at radius 2 is 2.18 bits per heavy atom. The van der Waals surface area contributed by atoms with E-state index in [9.17, 15) is 4.79 Å².